The lowest BCUT2D eigenvalue weighted by atomic mass is 10.1. The van der Waals surface area contributed by atoms with Crippen LogP contribution in [0.25, 0.3) is 11.4 Å². The Morgan fingerprint density at radius 1 is 1.06 bits per heavy atom. The van der Waals surface area contributed by atoms with Crippen molar-refractivity contribution in [1.82, 2.24) is 29.7 Å². The zero-order chi connectivity index (χ0) is 21.6. The van der Waals surface area contributed by atoms with Crippen molar-refractivity contribution in [3.05, 3.63) is 59.9 Å². The summed E-state index contributed by atoms with van der Waals surface area (Å²) in [6.45, 7) is 3.80. The summed E-state index contributed by atoms with van der Waals surface area (Å²) in [5, 5.41) is 3.18. The average Bonchev–Trinajstić information content (AvgIpc) is 2.83. The Morgan fingerprint density at radius 3 is 2.52 bits per heavy atom. The Hall–Kier alpha value is -3.59. The van der Waals surface area contributed by atoms with Crippen molar-refractivity contribution in [2.75, 3.05) is 45.7 Å². The quantitative estimate of drug-likeness (QED) is 0.648. The minimum absolute atomic E-state index is 0.0479. The number of nitrogens with one attached hydrogen (secondary N) is 1. The number of hydrogen-bond acceptors (Lipinski definition) is 8. The van der Waals surface area contributed by atoms with Gasteiger partial charge in [-0.1, -0.05) is 18.2 Å². The van der Waals surface area contributed by atoms with E-state index in [0.29, 0.717) is 23.9 Å². The van der Waals surface area contributed by atoms with Crippen LogP contribution in [-0.2, 0) is 6.54 Å². The fourth-order valence-electron chi connectivity index (χ4n) is 3.29. The van der Waals surface area contributed by atoms with E-state index in [1.807, 2.05) is 41.3 Å². The zero-order valence-electron chi connectivity index (χ0n) is 17.7. The molecule has 0 radical (unpaired) electrons. The van der Waals surface area contributed by atoms with Gasteiger partial charge < -0.3 is 19.9 Å². The fraction of sp³-hybridized carbons (Fsp3) is 0.318. The van der Waals surface area contributed by atoms with E-state index in [4.69, 9.17) is 4.74 Å². The number of aromatic nitrogens is 4. The topological polar surface area (TPSA) is 96.4 Å². The number of ether oxygens (including phenoxy) is 1. The van der Waals surface area contributed by atoms with E-state index < -0.39 is 0 Å². The molecule has 1 N–H and O–H groups in total. The lowest BCUT2D eigenvalue weighted by molar-refractivity contribution is 0.0664. The third kappa shape index (κ3) is 5.13. The molecule has 3 heterocycles. The summed E-state index contributed by atoms with van der Waals surface area (Å²) >= 11 is 0. The van der Waals surface area contributed by atoms with Gasteiger partial charge in [0.05, 0.1) is 7.11 Å². The molecule has 1 saturated heterocycles. The minimum Gasteiger partial charge on any atom is -0.467 e. The van der Waals surface area contributed by atoms with E-state index in [2.05, 4.69) is 37.2 Å². The Balaban J connectivity index is 1.49. The smallest absolute Gasteiger partial charge is 0.321 e. The second-order valence-electron chi connectivity index (χ2n) is 7.36. The predicted molar refractivity (Wildman–Crippen MR) is 117 cm³/mol. The van der Waals surface area contributed by atoms with Gasteiger partial charge in [0.25, 0.3) is 5.91 Å². The van der Waals surface area contributed by atoms with Crippen molar-refractivity contribution < 1.29 is 9.53 Å². The number of amides is 1. The van der Waals surface area contributed by atoms with Crippen molar-refractivity contribution in [1.29, 1.82) is 0 Å². The lowest BCUT2D eigenvalue weighted by Gasteiger charge is -2.32. The highest BCUT2D eigenvalue weighted by atomic mass is 16.5. The predicted octanol–water partition coefficient (Wildman–Crippen LogP) is 1.94. The number of benzene rings is 1. The second-order valence-corrected chi connectivity index (χ2v) is 7.36. The van der Waals surface area contributed by atoms with E-state index in [9.17, 15) is 4.79 Å². The van der Waals surface area contributed by atoms with Crippen molar-refractivity contribution >= 4 is 11.9 Å². The highest BCUT2D eigenvalue weighted by Gasteiger charge is 2.20. The summed E-state index contributed by atoms with van der Waals surface area (Å²) in [6.07, 6.45) is 3.51. The van der Waals surface area contributed by atoms with Gasteiger partial charge in [0.2, 0.25) is 5.95 Å². The highest BCUT2D eigenvalue weighted by Crippen LogP contribution is 2.20. The number of methoxy groups -OCH3 is 1. The molecule has 1 fully saturated rings. The Bertz CT molecular complexity index is 1020. The van der Waals surface area contributed by atoms with E-state index in [1.165, 1.54) is 7.11 Å². The van der Waals surface area contributed by atoms with Crippen molar-refractivity contribution in [2.24, 2.45) is 0 Å². The summed E-state index contributed by atoms with van der Waals surface area (Å²) in [5.41, 5.74) is 2.44. The van der Waals surface area contributed by atoms with Gasteiger partial charge >= 0.3 is 6.01 Å². The molecule has 3 aromatic rings. The first-order valence-corrected chi connectivity index (χ1v) is 10.1. The molecule has 0 saturated carbocycles. The average molecular weight is 419 g/mol. The van der Waals surface area contributed by atoms with Crippen LogP contribution in [-0.4, -0.2) is 76.0 Å². The van der Waals surface area contributed by atoms with Gasteiger partial charge in [0.15, 0.2) is 5.82 Å². The largest absolute Gasteiger partial charge is 0.467 e. The van der Waals surface area contributed by atoms with Gasteiger partial charge in [-0.05, 0) is 30.8 Å². The van der Waals surface area contributed by atoms with E-state index in [0.717, 1.165) is 37.3 Å². The van der Waals surface area contributed by atoms with Crippen molar-refractivity contribution in [3.63, 3.8) is 0 Å². The van der Waals surface area contributed by atoms with Gasteiger partial charge in [-0.25, -0.2) is 0 Å². The minimum atomic E-state index is 0.0479. The van der Waals surface area contributed by atoms with Gasteiger partial charge in [-0.2, -0.15) is 15.0 Å². The monoisotopic (exact) mass is 419 g/mol. The molecule has 0 spiro atoms. The summed E-state index contributed by atoms with van der Waals surface area (Å²) in [6, 6.07) is 11.4. The summed E-state index contributed by atoms with van der Waals surface area (Å²) in [5.74, 6) is 0.925. The Morgan fingerprint density at radius 2 is 1.84 bits per heavy atom. The molecule has 1 aromatic carbocycles. The molecule has 9 heteroatoms. The van der Waals surface area contributed by atoms with Crippen molar-refractivity contribution in [2.45, 2.75) is 6.54 Å². The maximum Gasteiger partial charge on any atom is 0.321 e. The number of hydrogen-bond donors (Lipinski definition) is 1. The molecule has 1 aliphatic heterocycles. The van der Waals surface area contributed by atoms with E-state index in [1.54, 1.807) is 12.4 Å². The molecular weight excluding hydrogens is 394 g/mol. The van der Waals surface area contributed by atoms with Crippen molar-refractivity contribution in [3.8, 4) is 17.4 Å². The number of piperazine rings is 1. The molecular formula is C22H25N7O2. The first-order chi connectivity index (χ1) is 15.1. The maximum atomic E-state index is 12.8. The van der Waals surface area contributed by atoms with Crippen LogP contribution in [0.3, 0.4) is 0 Å². The van der Waals surface area contributed by atoms with Crippen LogP contribution in [0.1, 0.15) is 15.9 Å². The lowest BCUT2D eigenvalue weighted by Crippen LogP contribution is -2.47. The van der Waals surface area contributed by atoms with Crippen LogP contribution in [0.15, 0.2) is 48.8 Å². The van der Waals surface area contributed by atoms with Gasteiger partial charge in [0.1, 0.15) is 0 Å². The normalized spacial score (nSPS) is 14.3. The molecule has 0 atom stereocenters. The molecule has 31 heavy (non-hydrogen) atoms. The molecule has 1 amide bonds. The molecule has 4 rings (SSSR count). The van der Waals surface area contributed by atoms with Crippen LogP contribution in [0, 0.1) is 0 Å². The third-order valence-electron chi connectivity index (χ3n) is 5.15. The van der Waals surface area contributed by atoms with Gasteiger partial charge in [0, 0.05) is 56.2 Å². The maximum absolute atomic E-state index is 12.8. The molecule has 1 aliphatic rings. The third-order valence-corrected chi connectivity index (χ3v) is 5.15. The van der Waals surface area contributed by atoms with Crippen LogP contribution in [0.4, 0.5) is 5.95 Å². The summed E-state index contributed by atoms with van der Waals surface area (Å²) < 4.78 is 5.24. The molecule has 0 bridgehead atoms. The van der Waals surface area contributed by atoms with Crippen LogP contribution < -0.4 is 10.1 Å². The molecule has 2 aromatic heterocycles. The van der Waals surface area contributed by atoms with Crippen LogP contribution in [0.5, 0.6) is 6.01 Å². The number of nitrogens with zero attached hydrogens (tertiary/aromatic N) is 6. The SMILES string of the molecule is COc1nc(NCc2cccnc2)nc(-c2ccc(C(=O)N3CCN(C)CC3)cc2)n1. The Labute approximate surface area is 181 Å². The van der Waals surface area contributed by atoms with E-state index >= 15 is 0 Å². The molecule has 0 unspecified atom stereocenters. The molecule has 0 aliphatic carbocycles. The van der Waals surface area contributed by atoms with E-state index in [-0.39, 0.29) is 11.9 Å². The zero-order valence-corrected chi connectivity index (χ0v) is 17.7. The van der Waals surface area contributed by atoms with Crippen LogP contribution >= 0.6 is 0 Å². The standard InChI is InChI=1S/C22H25N7O2/c1-28-10-12-29(13-11-28)20(30)18-7-5-17(6-8-18)19-25-21(27-22(26-19)31-2)24-15-16-4-3-9-23-14-16/h3-9,14H,10-13,15H2,1-2H3,(H,24,25,26,27). The highest BCUT2D eigenvalue weighted by molar-refractivity contribution is 5.94. The second kappa shape index (κ2) is 9.48. The molecule has 9 nitrogen and oxygen atoms in total. The number of pyridine rings is 1. The number of carbonyl (C=O) groups is 1. The number of anilines is 1. The van der Waals surface area contributed by atoms with Gasteiger partial charge in [-0.3, -0.25) is 9.78 Å². The summed E-state index contributed by atoms with van der Waals surface area (Å²) in [4.78, 5) is 34.1. The number of carbonyl (C=O) groups excluding carboxylic acids is 1. The Kier molecular flexibility index (Phi) is 6.32. The number of likely N-dealkylation sites (N-methyl/N-ethyl adjacent to an activating group) is 1. The first kappa shape index (κ1) is 20.7. The number of rotatable bonds is 6. The molecule has 160 valence electrons. The first-order valence-electron chi connectivity index (χ1n) is 10.1. The summed E-state index contributed by atoms with van der Waals surface area (Å²) in [7, 11) is 3.58. The van der Waals surface area contributed by atoms with Crippen LogP contribution in [0.2, 0.25) is 0 Å². The van der Waals surface area contributed by atoms with Gasteiger partial charge in [-0.15, -0.1) is 0 Å². The fourth-order valence-corrected chi connectivity index (χ4v) is 3.29.